The van der Waals surface area contributed by atoms with E-state index in [0.717, 1.165) is 25.2 Å². The van der Waals surface area contributed by atoms with Gasteiger partial charge in [-0.05, 0) is 18.2 Å². The van der Waals surface area contributed by atoms with Crippen LogP contribution in [-0.4, -0.2) is 33.4 Å². The van der Waals surface area contributed by atoms with Crippen molar-refractivity contribution in [3.05, 3.63) is 29.3 Å². The molecule has 2 rings (SSSR count). The number of methoxy groups -OCH3 is 2. The molecule has 0 atom stereocenters. The number of hydrogen-bond acceptors (Lipinski definition) is 4. The van der Waals surface area contributed by atoms with Crippen molar-refractivity contribution in [3.8, 4) is 17.6 Å². The molecule has 4 nitrogen and oxygen atoms in total. The quantitative estimate of drug-likeness (QED) is 0.615. The van der Waals surface area contributed by atoms with Crippen molar-refractivity contribution >= 4 is 5.97 Å². The number of benzene rings is 1. The molecular formula is C15H16O4. The van der Waals surface area contributed by atoms with Crippen LogP contribution >= 0.6 is 0 Å². The van der Waals surface area contributed by atoms with E-state index in [1.54, 1.807) is 18.2 Å². The van der Waals surface area contributed by atoms with Crippen LogP contribution in [0.4, 0.5) is 0 Å². The third kappa shape index (κ3) is 3.27. The molecule has 0 amide bonds. The minimum atomic E-state index is -0.414. The van der Waals surface area contributed by atoms with Gasteiger partial charge in [0.1, 0.15) is 11.3 Å². The zero-order valence-electron chi connectivity index (χ0n) is 11.1. The Kier molecular flexibility index (Phi) is 4.43. The number of rotatable bonds is 3. The van der Waals surface area contributed by atoms with Gasteiger partial charge in [0.25, 0.3) is 0 Å². The summed E-state index contributed by atoms with van der Waals surface area (Å²) in [5.41, 5.74) is 1.23. The SMILES string of the molecule is COC(=O)c1ccc(C#CCC2COC2)cc1OC. The summed E-state index contributed by atoms with van der Waals surface area (Å²) in [7, 11) is 2.86. The highest BCUT2D eigenvalue weighted by atomic mass is 16.5. The van der Waals surface area contributed by atoms with Crippen molar-refractivity contribution in [2.24, 2.45) is 5.92 Å². The Bertz CT molecular complexity index is 521. The summed E-state index contributed by atoms with van der Waals surface area (Å²) in [6.45, 7) is 1.61. The molecule has 1 fully saturated rings. The van der Waals surface area contributed by atoms with Crippen LogP contribution in [0.1, 0.15) is 22.3 Å². The Morgan fingerprint density at radius 3 is 2.79 bits per heavy atom. The molecule has 4 heteroatoms. The van der Waals surface area contributed by atoms with Crippen LogP contribution in [0.2, 0.25) is 0 Å². The fourth-order valence-corrected chi connectivity index (χ4v) is 1.75. The van der Waals surface area contributed by atoms with E-state index in [0.29, 0.717) is 17.2 Å². The van der Waals surface area contributed by atoms with Crippen LogP contribution in [-0.2, 0) is 9.47 Å². The predicted octanol–water partition coefficient (Wildman–Crippen LogP) is 1.87. The second kappa shape index (κ2) is 6.26. The monoisotopic (exact) mass is 260 g/mol. The third-order valence-corrected chi connectivity index (χ3v) is 2.94. The van der Waals surface area contributed by atoms with Gasteiger partial charge in [0.15, 0.2) is 0 Å². The summed E-state index contributed by atoms with van der Waals surface area (Å²) < 4.78 is 15.0. The molecule has 19 heavy (non-hydrogen) atoms. The van der Waals surface area contributed by atoms with Gasteiger partial charge in [-0.1, -0.05) is 11.8 Å². The lowest BCUT2D eigenvalue weighted by atomic mass is 10.0. The molecule has 0 aromatic heterocycles. The molecule has 1 aromatic carbocycles. The zero-order valence-corrected chi connectivity index (χ0v) is 11.1. The Hall–Kier alpha value is -1.99. The van der Waals surface area contributed by atoms with E-state index in [9.17, 15) is 4.79 Å². The summed E-state index contributed by atoms with van der Waals surface area (Å²) in [4.78, 5) is 11.5. The molecule has 100 valence electrons. The van der Waals surface area contributed by atoms with Gasteiger partial charge >= 0.3 is 5.97 Å². The lowest BCUT2D eigenvalue weighted by molar-refractivity contribution is -0.0289. The van der Waals surface area contributed by atoms with Crippen LogP contribution in [0, 0.1) is 17.8 Å². The van der Waals surface area contributed by atoms with Crippen LogP contribution in [0.5, 0.6) is 5.75 Å². The van der Waals surface area contributed by atoms with Crippen molar-refractivity contribution in [1.29, 1.82) is 0 Å². The molecule has 1 aliphatic rings. The topological polar surface area (TPSA) is 44.8 Å². The maximum absolute atomic E-state index is 11.5. The Morgan fingerprint density at radius 2 is 2.21 bits per heavy atom. The minimum absolute atomic E-state index is 0.406. The zero-order chi connectivity index (χ0) is 13.7. The summed E-state index contributed by atoms with van der Waals surface area (Å²) in [5.74, 6) is 6.80. The summed E-state index contributed by atoms with van der Waals surface area (Å²) in [5, 5.41) is 0. The van der Waals surface area contributed by atoms with E-state index in [-0.39, 0.29) is 0 Å². The highest BCUT2D eigenvalue weighted by molar-refractivity contribution is 5.92. The third-order valence-electron chi connectivity index (χ3n) is 2.94. The second-order valence-electron chi connectivity index (χ2n) is 4.32. The number of ether oxygens (including phenoxy) is 3. The van der Waals surface area contributed by atoms with Gasteiger partial charge in [-0.2, -0.15) is 0 Å². The van der Waals surface area contributed by atoms with Crippen LogP contribution in [0.25, 0.3) is 0 Å². The molecule has 0 aliphatic carbocycles. The number of hydrogen-bond donors (Lipinski definition) is 0. The smallest absolute Gasteiger partial charge is 0.341 e. The Morgan fingerprint density at radius 1 is 1.42 bits per heavy atom. The molecule has 1 saturated heterocycles. The first kappa shape index (κ1) is 13.4. The average molecular weight is 260 g/mol. The van der Waals surface area contributed by atoms with E-state index >= 15 is 0 Å². The summed E-state index contributed by atoms with van der Waals surface area (Å²) in [6.07, 6.45) is 0.834. The van der Waals surface area contributed by atoms with Crippen molar-refractivity contribution < 1.29 is 19.0 Å². The maximum Gasteiger partial charge on any atom is 0.341 e. The van der Waals surface area contributed by atoms with Gasteiger partial charge in [-0.15, -0.1) is 0 Å². The van der Waals surface area contributed by atoms with Gasteiger partial charge in [0.05, 0.1) is 27.4 Å². The fourth-order valence-electron chi connectivity index (χ4n) is 1.75. The van der Waals surface area contributed by atoms with Crippen molar-refractivity contribution in [2.75, 3.05) is 27.4 Å². The molecule has 1 heterocycles. The van der Waals surface area contributed by atoms with Crippen LogP contribution in [0.15, 0.2) is 18.2 Å². The highest BCUT2D eigenvalue weighted by Gasteiger charge is 2.16. The molecule has 0 bridgehead atoms. The first-order valence-electron chi connectivity index (χ1n) is 6.07. The van der Waals surface area contributed by atoms with Crippen LogP contribution < -0.4 is 4.74 Å². The molecule has 0 N–H and O–H groups in total. The van der Waals surface area contributed by atoms with Crippen molar-refractivity contribution in [1.82, 2.24) is 0 Å². The predicted molar refractivity (Wildman–Crippen MR) is 70.1 cm³/mol. The lowest BCUT2D eigenvalue weighted by Crippen LogP contribution is -2.26. The average Bonchev–Trinajstić information content (AvgIpc) is 2.40. The molecule has 1 aromatic rings. The normalized spacial score (nSPS) is 14.0. The van der Waals surface area contributed by atoms with E-state index < -0.39 is 5.97 Å². The molecule has 1 aliphatic heterocycles. The largest absolute Gasteiger partial charge is 0.496 e. The van der Waals surface area contributed by atoms with E-state index in [1.165, 1.54) is 14.2 Å². The summed E-state index contributed by atoms with van der Waals surface area (Å²) in [6, 6.07) is 5.21. The summed E-state index contributed by atoms with van der Waals surface area (Å²) >= 11 is 0. The maximum atomic E-state index is 11.5. The van der Waals surface area contributed by atoms with Gasteiger partial charge < -0.3 is 14.2 Å². The van der Waals surface area contributed by atoms with Gasteiger partial charge in [0.2, 0.25) is 0 Å². The first-order valence-corrected chi connectivity index (χ1v) is 6.07. The lowest BCUT2D eigenvalue weighted by Gasteiger charge is -2.23. The number of carbonyl (C=O) groups excluding carboxylic acids is 1. The molecular weight excluding hydrogens is 244 g/mol. The van der Waals surface area contributed by atoms with Crippen LogP contribution in [0.3, 0.4) is 0 Å². The highest BCUT2D eigenvalue weighted by Crippen LogP contribution is 2.21. The van der Waals surface area contributed by atoms with E-state index in [1.807, 2.05) is 0 Å². The van der Waals surface area contributed by atoms with Gasteiger partial charge in [-0.3, -0.25) is 0 Å². The van der Waals surface area contributed by atoms with E-state index in [2.05, 4.69) is 16.6 Å². The molecule has 0 unspecified atom stereocenters. The van der Waals surface area contributed by atoms with E-state index in [4.69, 9.17) is 9.47 Å². The van der Waals surface area contributed by atoms with Crippen molar-refractivity contribution in [3.63, 3.8) is 0 Å². The molecule has 0 radical (unpaired) electrons. The van der Waals surface area contributed by atoms with Crippen molar-refractivity contribution in [2.45, 2.75) is 6.42 Å². The van der Waals surface area contributed by atoms with Gasteiger partial charge in [-0.25, -0.2) is 4.79 Å². The minimum Gasteiger partial charge on any atom is -0.496 e. The standard InChI is InChI=1S/C15H16O4/c1-17-14-8-11(4-3-5-12-9-19-10-12)6-7-13(14)15(16)18-2/h6-8,12H,5,9-10H2,1-2H3. The number of esters is 1. The Labute approximate surface area is 112 Å². The second-order valence-corrected chi connectivity index (χ2v) is 4.32. The molecule has 0 saturated carbocycles. The number of carbonyl (C=O) groups is 1. The van der Waals surface area contributed by atoms with Gasteiger partial charge in [0, 0.05) is 17.9 Å². The molecule has 0 spiro atoms. The first-order chi connectivity index (χ1) is 9.24. The fraction of sp³-hybridized carbons (Fsp3) is 0.400. The Balaban J connectivity index is 2.11.